The van der Waals surface area contributed by atoms with Gasteiger partial charge in [-0.1, -0.05) is 41.5 Å². The van der Waals surface area contributed by atoms with Crippen LogP contribution >= 0.6 is 12.6 Å². The van der Waals surface area contributed by atoms with Gasteiger partial charge < -0.3 is 0 Å². The van der Waals surface area contributed by atoms with Gasteiger partial charge in [0.05, 0.1) is 0 Å². The number of hydrogen-bond donors (Lipinski definition) is 1. The molecule has 0 heterocycles. The molecular formula is C13H28S. The van der Waals surface area contributed by atoms with E-state index in [9.17, 15) is 0 Å². The molecule has 3 unspecified atom stereocenters. The highest BCUT2D eigenvalue weighted by Crippen LogP contribution is 2.32. The molecule has 0 aliphatic carbocycles. The van der Waals surface area contributed by atoms with Gasteiger partial charge in [-0.3, -0.25) is 0 Å². The third-order valence-electron chi connectivity index (χ3n) is 3.38. The Morgan fingerprint density at radius 3 is 1.79 bits per heavy atom. The van der Waals surface area contributed by atoms with Gasteiger partial charge in [0.25, 0.3) is 0 Å². The van der Waals surface area contributed by atoms with Crippen LogP contribution < -0.4 is 0 Å². The fraction of sp³-hybridized carbons (Fsp3) is 1.00. The van der Waals surface area contributed by atoms with Gasteiger partial charge in [0.1, 0.15) is 0 Å². The van der Waals surface area contributed by atoms with E-state index >= 15 is 0 Å². The van der Waals surface area contributed by atoms with E-state index in [1.54, 1.807) is 0 Å². The average Bonchev–Trinajstić information content (AvgIpc) is 2.11. The summed E-state index contributed by atoms with van der Waals surface area (Å²) in [6.45, 7) is 13.9. The Labute approximate surface area is 96.3 Å². The summed E-state index contributed by atoms with van der Waals surface area (Å²) in [6.07, 6.45) is 2.51. The number of thiol groups is 1. The molecule has 0 N–H and O–H groups in total. The van der Waals surface area contributed by atoms with Crippen LogP contribution in [0.1, 0.15) is 54.4 Å². The molecule has 14 heavy (non-hydrogen) atoms. The van der Waals surface area contributed by atoms with Crippen LogP contribution in [-0.4, -0.2) is 5.25 Å². The summed E-state index contributed by atoms with van der Waals surface area (Å²) in [4.78, 5) is 0. The van der Waals surface area contributed by atoms with Crippen LogP contribution in [0.4, 0.5) is 0 Å². The minimum absolute atomic E-state index is 0.579. The predicted molar refractivity (Wildman–Crippen MR) is 70.0 cm³/mol. The number of rotatable bonds is 6. The molecule has 0 saturated heterocycles. The Morgan fingerprint density at radius 2 is 1.50 bits per heavy atom. The molecule has 0 aliphatic rings. The molecule has 0 bridgehead atoms. The van der Waals surface area contributed by atoms with Crippen molar-refractivity contribution in [1.29, 1.82) is 0 Å². The van der Waals surface area contributed by atoms with E-state index in [2.05, 4.69) is 41.5 Å². The minimum atomic E-state index is 0.579. The fourth-order valence-corrected chi connectivity index (χ4v) is 2.46. The normalized spacial score (nSPS) is 18.6. The third kappa shape index (κ3) is 4.72. The topological polar surface area (TPSA) is 0 Å². The molecule has 0 nitrogen and oxygen atoms in total. The van der Waals surface area contributed by atoms with Crippen molar-refractivity contribution in [2.45, 2.75) is 59.6 Å². The van der Waals surface area contributed by atoms with Gasteiger partial charge >= 0.3 is 0 Å². The van der Waals surface area contributed by atoms with E-state index in [4.69, 9.17) is 12.6 Å². The van der Waals surface area contributed by atoms with Gasteiger partial charge in [-0.15, -0.1) is 0 Å². The second kappa shape index (κ2) is 6.76. The Kier molecular flexibility index (Phi) is 6.93. The second-order valence-electron chi connectivity index (χ2n) is 5.37. The van der Waals surface area contributed by atoms with Gasteiger partial charge in [-0.25, -0.2) is 0 Å². The van der Waals surface area contributed by atoms with Crippen molar-refractivity contribution in [2.24, 2.45) is 23.7 Å². The molecule has 0 saturated carbocycles. The molecule has 0 spiro atoms. The molecule has 0 amide bonds. The molecule has 1 heteroatoms. The highest BCUT2D eigenvalue weighted by atomic mass is 32.1. The van der Waals surface area contributed by atoms with Crippen molar-refractivity contribution >= 4 is 12.6 Å². The fourth-order valence-electron chi connectivity index (χ4n) is 2.06. The monoisotopic (exact) mass is 216 g/mol. The maximum atomic E-state index is 4.73. The SMILES string of the molecule is CCC(S)C(CC(C)C)C(C)C(C)C. The van der Waals surface area contributed by atoms with Gasteiger partial charge in [-0.2, -0.15) is 12.6 Å². The van der Waals surface area contributed by atoms with Crippen LogP contribution in [-0.2, 0) is 0 Å². The van der Waals surface area contributed by atoms with E-state index in [1.807, 2.05) is 0 Å². The summed E-state index contributed by atoms with van der Waals surface area (Å²) < 4.78 is 0. The molecule has 0 aliphatic heterocycles. The van der Waals surface area contributed by atoms with Crippen molar-refractivity contribution in [2.75, 3.05) is 0 Å². The lowest BCUT2D eigenvalue weighted by Gasteiger charge is -2.32. The molecule has 0 rings (SSSR count). The van der Waals surface area contributed by atoms with Crippen molar-refractivity contribution in [3.05, 3.63) is 0 Å². The van der Waals surface area contributed by atoms with Crippen LogP contribution in [0.2, 0.25) is 0 Å². The molecule has 0 aromatic carbocycles. The van der Waals surface area contributed by atoms with Crippen LogP contribution in [0, 0.1) is 23.7 Å². The summed E-state index contributed by atoms with van der Waals surface area (Å²) in [5, 5.41) is 0.579. The summed E-state index contributed by atoms with van der Waals surface area (Å²) in [7, 11) is 0. The number of hydrogen-bond acceptors (Lipinski definition) is 1. The van der Waals surface area contributed by atoms with E-state index < -0.39 is 0 Å². The summed E-state index contributed by atoms with van der Waals surface area (Å²) in [6, 6.07) is 0. The molecule has 0 aromatic rings. The second-order valence-corrected chi connectivity index (χ2v) is 6.04. The van der Waals surface area contributed by atoms with Crippen molar-refractivity contribution in [1.82, 2.24) is 0 Å². The van der Waals surface area contributed by atoms with Crippen LogP contribution in [0.25, 0.3) is 0 Å². The standard InChI is InChI=1S/C13H28S/c1-7-13(14)12(8-9(2)3)11(6)10(4)5/h9-14H,7-8H2,1-6H3. The van der Waals surface area contributed by atoms with Gasteiger partial charge in [0, 0.05) is 5.25 Å². The average molecular weight is 216 g/mol. The zero-order valence-corrected chi connectivity index (χ0v) is 11.6. The smallest absolute Gasteiger partial charge is 0.00452 e. The lowest BCUT2D eigenvalue weighted by molar-refractivity contribution is 0.232. The quantitative estimate of drug-likeness (QED) is 0.614. The molecule has 3 atom stereocenters. The Hall–Kier alpha value is 0.350. The van der Waals surface area contributed by atoms with Gasteiger partial charge in [-0.05, 0) is 36.5 Å². The van der Waals surface area contributed by atoms with Crippen molar-refractivity contribution in [3.8, 4) is 0 Å². The zero-order chi connectivity index (χ0) is 11.3. The predicted octanol–water partition coefficient (Wildman–Crippen LogP) is 4.65. The molecule has 86 valence electrons. The Morgan fingerprint density at radius 1 is 1.00 bits per heavy atom. The van der Waals surface area contributed by atoms with E-state index in [0.717, 1.165) is 23.7 Å². The van der Waals surface area contributed by atoms with E-state index in [-0.39, 0.29) is 0 Å². The van der Waals surface area contributed by atoms with Crippen LogP contribution in [0.5, 0.6) is 0 Å². The summed E-state index contributed by atoms with van der Waals surface area (Å²) >= 11 is 4.73. The highest BCUT2D eigenvalue weighted by molar-refractivity contribution is 7.81. The minimum Gasteiger partial charge on any atom is -0.176 e. The van der Waals surface area contributed by atoms with Crippen LogP contribution in [0.15, 0.2) is 0 Å². The zero-order valence-electron chi connectivity index (χ0n) is 10.7. The maximum absolute atomic E-state index is 4.73. The van der Waals surface area contributed by atoms with Crippen LogP contribution in [0.3, 0.4) is 0 Å². The molecule has 0 aromatic heterocycles. The summed E-state index contributed by atoms with van der Waals surface area (Å²) in [5.74, 6) is 3.14. The lowest BCUT2D eigenvalue weighted by Crippen LogP contribution is -2.27. The van der Waals surface area contributed by atoms with E-state index in [1.165, 1.54) is 12.8 Å². The van der Waals surface area contributed by atoms with Gasteiger partial charge in [0.2, 0.25) is 0 Å². The third-order valence-corrected chi connectivity index (χ3v) is 4.13. The van der Waals surface area contributed by atoms with Crippen molar-refractivity contribution in [3.63, 3.8) is 0 Å². The Balaban J connectivity index is 4.37. The molecule has 0 radical (unpaired) electrons. The highest BCUT2D eigenvalue weighted by Gasteiger charge is 2.25. The van der Waals surface area contributed by atoms with E-state index in [0.29, 0.717) is 5.25 Å². The molecule has 0 fully saturated rings. The first kappa shape index (κ1) is 14.3. The van der Waals surface area contributed by atoms with Crippen molar-refractivity contribution < 1.29 is 0 Å². The first-order valence-electron chi connectivity index (χ1n) is 6.08. The van der Waals surface area contributed by atoms with Gasteiger partial charge in [0.15, 0.2) is 0 Å². The summed E-state index contributed by atoms with van der Waals surface area (Å²) in [5.41, 5.74) is 0. The largest absolute Gasteiger partial charge is 0.176 e. The Bertz CT molecular complexity index is 140. The molecular weight excluding hydrogens is 188 g/mol. The first-order chi connectivity index (χ1) is 6.40. The first-order valence-corrected chi connectivity index (χ1v) is 6.59. The maximum Gasteiger partial charge on any atom is 0.00452 e. The lowest BCUT2D eigenvalue weighted by atomic mass is 9.77.